The van der Waals surface area contributed by atoms with Crippen LogP contribution in [0.3, 0.4) is 0 Å². The van der Waals surface area contributed by atoms with Crippen LogP contribution in [0.5, 0.6) is 0 Å². The molecule has 1 N–H and O–H groups in total. The van der Waals surface area contributed by atoms with E-state index in [4.69, 9.17) is 4.74 Å². The Hall–Kier alpha value is -1.64. The normalized spacial score (nSPS) is 16.7. The number of hydrogen-bond donors (Lipinski definition) is 1. The summed E-state index contributed by atoms with van der Waals surface area (Å²) in [5.74, 6) is 0.676. The van der Waals surface area contributed by atoms with E-state index in [1.807, 2.05) is 30.3 Å². The van der Waals surface area contributed by atoms with Crippen LogP contribution < -0.4 is 0 Å². The van der Waals surface area contributed by atoms with Gasteiger partial charge in [-0.05, 0) is 12.1 Å². The Balaban J connectivity index is 2.34. The molecule has 1 aromatic rings. The molecule has 0 amide bonds. The van der Waals surface area contributed by atoms with Gasteiger partial charge in [-0.2, -0.15) is 0 Å². The van der Waals surface area contributed by atoms with E-state index in [9.17, 15) is 5.11 Å². The van der Waals surface area contributed by atoms with E-state index in [1.54, 1.807) is 0 Å². The second kappa shape index (κ2) is 4.26. The van der Waals surface area contributed by atoms with Crippen LogP contribution in [0.1, 0.15) is 12.0 Å². The number of benzene rings is 1. The molecule has 15 heavy (non-hydrogen) atoms. The molecule has 2 rings (SSSR count). The lowest BCUT2D eigenvalue weighted by molar-refractivity contribution is -0.124. The van der Waals surface area contributed by atoms with Crippen molar-refractivity contribution in [3.05, 3.63) is 41.8 Å². The highest BCUT2D eigenvalue weighted by molar-refractivity contribution is 5.61. The van der Waals surface area contributed by atoms with Gasteiger partial charge in [0.1, 0.15) is 6.42 Å². The maximum atomic E-state index is 9.70. The Labute approximate surface area is 89.3 Å². The number of aliphatic hydroxyl groups excluding tert-OH is 1. The van der Waals surface area contributed by atoms with Gasteiger partial charge >= 0.3 is 11.7 Å². The summed E-state index contributed by atoms with van der Waals surface area (Å²) in [5, 5.41) is 9.70. The Bertz CT molecular complexity index is 352. The van der Waals surface area contributed by atoms with E-state index in [0.29, 0.717) is 5.76 Å². The Morgan fingerprint density at radius 2 is 1.93 bits per heavy atom. The van der Waals surface area contributed by atoms with Gasteiger partial charge in [-0.1, -0.05) is 18.2 Å². The summed E-state index contributed by atoms with van der Waals surface area (Å²) >= 11 is 0. The van der Waals surface area contributed by atoms with Crippen LogP contribution in [0.4, 0.5) is 0 Å². The van der Waals surface area contributed by atoms with Crippen molar-refractivity contribution in [3.8, 4) is 0 Å². The van der Waals surface area contributed by atoms with Gasteiger partial charge in [-0.25, -0.2) is 0 Å². The van der Waals surface area contributed by atoms with Crippen molar-refractivity contribution in [2.75, 3.05) is 20.3 Å². The van der Waals surface area contributed by atoms with E-state index in [-0.39, 0.29) is 5.95 Å². The summed E-state index contributed by atoms with van der Waals surface area (Å²) in [7, 11) is 1.47. The van der Waals surface area contributed by atoms with Crippen LogP contribution in [0.25, 0.3) is 5.76 Å². The summed E-state index contributed by atoms with van der Waals surface area (Å²) in [4.78, 5) is 0. The van der Waals surface area contributed by atoms with E-state index >= 15 is 0 Å². The van der Waals surface area contributed by atoms with Gasteiger partial charge in [0.15, 0.2) is 13.2 Å². The molecule has 3 nitrogen and oxygen atoms in total. The molecule has 1 aliphatic rings. The first-order valence-electron chi connectivity index (χ1n) is 5.03. The van der Waals surface area contributed by atoms with E-state index < -0.39 is 0 Å². The number of aliphatic hydroxyl groups is 1. The van der Waals surface area contributed by atoms with Crippen molar-refractivity contribution in [2.24, 2.45) is 0 Å². The first-order chi connectivity index (χ1) is 7.33. The summed E-state index contributed by atoms with van der Waals surface area (Å²) in [6.45, 7) is 1.80. The summed E-state index contributed by atoms with van der Waals surface area (Å²) < 4.78 is 7.84. The van der Waals surface area contributed by atoms with E-state index in [2.05, 4.69) is 4.37 Å². The molecular weight excluding hydrogens is 192 g/mol. The van der Waals surface area contributed by atoms with Gasteiger partial charge < -0.3 is 14.2 Å². The Kier molecular flexibility index (Phi) is 2.81. The fraction of sp³-hybridized carbons (Fsp3) is 0.333. The predicted molar refractivity (Wildman–Crippen MR) is 58.4 cm³/mol. The average Bonchev–Trinajstić information content (AvgIpc) is 2.23. The zero-order chi connectivity index (χ0) is 10.7. The van der Waals surface area contributed by atoms with Gasteiger partial charge in [-0.15, -0.1) is 0 Å². The molecule has 0 aliphatic carbocycles. The molecular formula is C12H15O3+. The smallest absolute Gasteiger partial charge is 0.377 e. The molecule has 1 aliphatic heterocycles. The SMILES string of the molecule is CO/C(O)=C(/c1ccccc1)[O+]1CCC1. The largest absolute Gasteiger partial charge is 0.566 e. The van der Waals surface area contributed by atoms with Gasteiger partial charge in [-0.3, -0.25) is 0 Å². The minimum Gasteiger partial charge on any atom is -0.566 e. The highest BCUT2D eigenvalue weighted by Crippen LogP contribution is 2.31. The lowest BCUT2D eigenvalue weighted by Gasteiger charge is -2.33. The lowest BCUT2D eigenvalue weighted by atomic mass is 10.2. The van der Waals surface area contributed by atoms with Gasteiger partial charge in [0.2, 0.25) is 0 Å². The third-order valence-electron chi connectivity index (χ3n) is 2.49. The quantitative estimate of drug-likeness (QED) is 0.610. The molecule has 1 aromatic carbocycles. The van der Waals surface area contributed by atoms with Crippen LogP contribution >= 0.6 is 0 Å². The van der Waals surface area contributed by atoms with Crippen molar-refractivity contribution in [3.63, 3.8) is 0 Å². The van der Waals surface area contributed by atoms with Crippen molar-refractivity contribution in [2.45, 2.75) is 6.42 Å². The second-order valence-corrected chi connectivity index (χ2v) is 3.46. The Morgan fingerprint density at radius 1 is 1.27 bits per heavy atom. The number of rotatable bonds is 3. The molecule has 1 heterocycles. The van der Waals surface area contributed by atoms with Gasteiger partial charge in [0, 0.05) is 0 Å². The lowest BCUT2D eigenvalue weighted by Crippen LogP contribution is -2.28. The number of ether oxygens (including phenoxy) is 1. The summed E-state index contributed by atoms with van der Waals surface area (Å²) in [5.41, 5.74) is 0.960. The monoisotopic (exact) mass is 207 g/mol. The predicted octanol–water partition coefficient (Wildman–Crippen LogP) is 2.47. The first-order valence-corrected chi connectivity index (χ1v) is 5.03. The van der Waals surface area contributed by atoms with Crippen LogP contribution in [0, 0.1) is 0 Å². The molecule has 0 saturated carbocycles. The van der Waals surface area contributed by atoms with Crippen LogP contribution in [0.2, 0.25) is 0 Å². The summed E-state index contributed by atoms with van der Waals surface area (Å²) in [6, 6.07) is 9.74. The highest BCUT2D eigenvalue weighted by Gasteiger charge is 2.30. The molecule has 80 valence electrons. The van der Waals surface area contributed by atoms with Crippen molar-refractivity contribution >= 4 is 5.76 Å². The maximum absolute atomic E-state index is 9.70. The fourth-order valence-electron chi connectivity index (χ4n) is 1.59. The molecule has 0 atom stereocenters. The van der Waals surface area contributed by atoms with Crippen molar-refractivity contribution in [1.29, 1.82) is 0 Å². The number of hydrogen-bond acceptors (Lipinski definition) is 2. The maximum Gasteiger partial charge on any atom is 0.377 e. The first kappa shape index (κ1) is 9.90. The van der Waals surface area contributed by atoms with Gasteiger partial charge in [0.05, 0.1) is 12.7 Å². The highest BCUT2D eigenvalue weighted by atomic mass is 16.7. The van der Waals surface area contributed by atoms with E-state index in [1.165, 1.54) is 7.11 Å². The zero-order valence-electron chi connectivity index (χ0n) is 8.77. The molecule has 0 aromatic heterocycles. The summed E-state index contributed by atoms with van der Waals surface area (Å²) in [6.07, 6.45) is 1.14. The molecule has 1 saturated heterocycles. The molecule has 0 bridgehead atoms. The minimum atomic E-state index is -0.0362. The van der Waals surface area contributed by atoms with E-state index in [0.717, 1.165) is 25.2 Å². The van der Waals surface area contributed by atoms with Crippen LogP contribution in [-0.2, 0) is 9.10 Å². The Morgan fingerprint density at radius 3 is 2.40 bits per heavy atom. The third kappa shape index (κ3) is 1.91. The zero-order valence-corrected chi connectivity index (χ0v) is 8.77. The van der Waals surface area contributed by atoms with Crippen LogP contribution in [-0.4, -0.2) is 25.4 Å². The third-order valence-corrected chi connectivity index (χ3v) is 2.49. The van der Waals surface area contributed by atoms with Crippen molar-refractivity contribution < 1.29 is 14.2 Å². The molecule has 3 heteroatoms. The van der Waals surface area contributed by atoms with Crippen LogP contribution in [0.15, 0.2) is 36.3 Å². The van der Waals surface area contributed by atoms with Gasteiger partial charge in [0.25, 0.3) is 0 Å². The molecule has 0 spiro atoms. The topological polar surface area (TPSA) is 32.2 Å². The standard InChI is InChI=1S/C12H14O3/c1-14-12(13)11(15-8-5-9-15)10-6-3-2-4-7-10/h2-4,6-7H,5,8-9H2,1H3/p+1/b12-11-. The fourth-order valence-corrected chi connectivity index (χ4v) is 1.59. The average molecular weight is 207 g/mol. The molecule has 1 fully saturated rings. The molecule has 0 unspecified atom stereocenters. The molecule has 0 radical (unpaired) electrons. The second-order valence-electron chi connectivity index (χ2n) is 3.46. The van der Waals surface area contributed by atoms with Crippen molar-refractivity contribution in [1.82, 2.24) is 0 Å². The minimum absolute atomic E-state index is 0.0362. The number of methoxy groups -OCH3 is 1.